The zero-order chi connectivity index (χ0) is 18.7. The average molecular weight is 362 g/mol. The highest BCUT2D eigenvalue weighted by Crippen LogP contribution is 2.21. The molecule has 0 atom stereocenters. The minimum Gasteiger partial charge on any atom is -0.461 e. The quantitative estimate of drug-likeness (QED) is 0.739. The predicted molar refractivity (Wildman–Crippen MR) is 91.7 cm³/mol. The standard InChI is InChI=1S/C17H22N4O5/c1-3-25-17(24)14-13-15(26-19-14)18-10-21(16(13)23)9-12(22)20(2)11-7-5-4-6-8-11/h10-11H,3-9H2,1-2H3. The summed E-state index contributed by atoms with van der Waals surface area (Å²) >= 11 is 0. The number of rotatable bonds is 5. The maximum atomic E-state index is 12.7. The van der Waals surface area contributed by atoms with Crippen molar-refractivity contribution in [1.29, 1.82) is 0 Å². The Morgan fingerprint density at radius 3 is 2.77 bits per heavy atom. The van der Waals surface area contributed by atoms with Crippen molar-refractivity contribution in [2.75, 3.05) is 13.7 Å². The molecule has 0 bridgehead atoms. The molecule has 2 aromatic heterocycles. The van der Waals surface area contributed by atoms with Gasteiger partial charge in [-0.3, -0.25) is 14.2 Å². The van der Waals surface area contributed by atoms with Crippen molar-refractivity contribution in [3.8, 4) is 0 Å². The molecule has 0 aliphatic heterocycles. The van der Waals surface area contributed by atoms with Gasteiger partial charge in [-0.05, 0) is 19.8 Å². The topological polar surface area (TPSA) is 108 Å². The van der Waals surface area contributed by atoms with Gasteiger partial charge in [0.2, 0.25) is 11.6 Å². The number of carbonyl (C=O) groups excluding carboxylic acids is 2. The summed E-state index contributed by atoms with van der Waals surface area (Å²) < 4.78 is 11.0. The van der Waals surface area contributed by atoms with E-state index in [2.05, 4.69) is 10.1 Å². The van der Waals surface area contributed by atoms with Crippen LogP contribution in [-0.2, 0) is 16.1 Å². The Bertz CT molecular complexity index is 866. The summed E-state index contributed by atoms with van der Waals surface area (Å²) in [6, 6.07) is 0.203. The van der Waals surface area contributed by atoms with Gasteiger partial charge >= 0.3 is 5.97 Å². The Hall–Kier alpha value is -2.71. The third-order valence-corrected chi connectivity index (χ3v) is 4.75. The van der Waals surface area contributed by atoms with Crippen LogP contribution in [0.15, 0.2) is 15.6 Å². The second-order valence-corrected chi connectivity index (χ2v) is 6.41. The van der Waals surface area contributed by atoms with Crippen molar-refractivity contribution < 1.29 is 18.8 Å². The number of hydrogen-bond acceptors (Lipinski definition) is 7. The van der Waals surface area contributed by atoms with Gasteiger partial charge in [-0.25, -0.2) is 9.78 Å². The molecule has 0 radical (unpaired) electrons. The van der Waals surface area contributed by atoms with E-state index in [1.165, 1.54) is 17.3 Å². The number of likely N-dealkylation sites (N-methyl/N-ethyl adjacent to an activating group) is 1. The van der Waals surface area contributed by atoms with E-state index < -0.39 is 11.5 Å². The molecule has 1 aliphatic carbocycles. The second-order valence-electron chi connectivity index (χ2n) is 6.41. The van der Waals surface area contributed by atoms with E-state index in [4.69, 9.17) is 9.26 Å². The summed E-state index contributed by atoms with van der Waals surface area (Å²) in [7, 11) is 1.76. The average Bonchev–Trinajstić information content (AvgIpc) is 3.09. The first-order chi connectivity index (χ1) is 12.5. The van der Waals surface area contributed by atoms with E-state index in [0.717, 1.165) is 25.7 Å². The monoisotopic (exact) mass is 362 g/mol. The Labute approximate surface area is 149 Å². The zero-order valence-electron chi connectivity index (χ0n) is 14.9. The number of carbonyl (C=O) groups is 2. The maximum absolute atomic E-state index is 12.7. The molecule has 2 aromatic rings. The molecule has 3 rings (SSSR count). The van der Waals surface area contributed by atoms with Crippen molar-refractivity contribution in [3.05, 3.63) is 22.4 Å². The Morgan fingerprint density at radius 1 is 1.35 bits per heavy atom. The Kier molecular flexibility index (Phi) is 5.34. The van der Waals surface area contributed by atoms with Gasteiger partial charge < -0.3 is 14.2 Å². The van der Waals surface area contributed by atoms with Gasteiger partial charge in [-0.2, -0.15) is 0 Å². The number of esters is 1. The van der Waals surface area contributed by atoms with Crippen LogP contribution >= 0.6 is 0 Å². The molecule has 1 aliphatic rings. The number of fused-ring (bicyclic) bond motifs is 1. The van der Waals surface area contributed by atoms with Gasteiger partial charge in [0.05, 0.1) is 6.61 Å². The molecule has 1 fully saturated rings. The highest BCUT2D eigenvalue weighted by Gasteiger charge is 2.25. The van der Waals surface area contributed by atoms with Crippen LogP contribution < -0.4 is 5.56 Å². The number of nitrogens with zero attached hydrogens (tertiary/aromatic N) is 4. The van der Waals surface area contributed by atoms with E-state index in [1.54, 1.807) is 18.9 Å². The fourth-order valence-corrected chi connectivity index (χ4v) is 3.26. The normalized spacial score (nSPS) is 15.2. The molecule has 140 valence electrons. The van der Waals surface area contributed by atoms with E-state index in [-0.39, 0.29) is 41.9 Å². The minimum atomic E-state index is -0.756. The van der Waals surface area contributed by atoms with E-state index in [9.17, 15) is 14.4 Å². The molecule has 0 unspecified atom stereocenters. The fraction of sp³-hybridized carbons (Fsp3) is 0.588. The van der Waals surface area contributed by atoms with E-state index in [0.29, 0.717) is 0 Å². The van der Waals surface area contributed by atoms with Crippen LogP contribution in [0.3, 0.4) is 0 Å². The summed E-state index contributed by atoms with van der Waals surface area (Å²) in [6.07, 6.45) is 6.61. The molecule has 9 nitrogen and oxygen atoms in total. The van der Waals surface area contributed by atoms with Gasteiger partial charge in [0, 0.05) is 13.1 Å². The number of amides is 1. The molecular weight excluding hydrogens is 340 g/mol. The van der Waals surface area contributed by atoms with E-state index in [1.807, 2.05) is 0 Å². The number of ether oxygens (including phenoxy) is 1. The fourth-order valence-electron chi connectivity index (χ4n) is 3.26. The molecule has 0 saturated heterocycles. The smallest absolute Gasteiger partial charge is 0.361 e. The number of hydrogen-bond donors (Lipinski definition) is 0. The summed E-state index contributed by atoms with van der Waals surface area (Å²) in [5.74, 6) is -0.928. The lowest BCUT2D eigenvalue weighted by molar-refractivity contribution is -0.133. The minimum absolute atomic E-state index is 0.0533. The summed E-state index contributed by atoms with van der Waals surface area (Å²) in [6.45, 7) is 1.64. The van der Waals surface area contributed by atoms with Gasteiger partial charge in [0.15, 0.2) is 0 Å². The lowest BCUT2D eigenvalue weighted by Crippen LogP contribution is -2.41. The molecule has 0 spiro atoms. The first-order valence-corrected chi connectivity index (χ1v) is 8.80. The van der Waals surface area contributed by atoms with Gasteiger partial charge in [-0.15, -0.1) is 0 Å². The van der Waals surface area contributed by atoms with Crippen molar-refractivity contribution in [1.82, 2.24) is 19.6 Å². The van der Waals surface area contributed by atoms with Crippen molar-refractivity contribution in [2.24, 2.45) is 0 Å². The highest BCUT2D eigenvalue weighted by atomic mass is 16.5. The Morgan fingerprint density at radius 2 is 2.08 bits per heavy atom. The molecule has 26 heavy (non-hydrogen) atoms. The SMILES string of the molecule is CCOC(=O)c1noc2ncn(CC(=O)N(C)C3CCCCC3)c(=O)c12. The van der Waals surface area contributed by atoms with Crippen LogP contribution in [0.2, 0.25) is 0 Å². The summed E-state index contributed by atoms with van der Waals surface area (Å²) in [4.78, 5) is 42.9. The zero-order valence-corrected chi connectivity index (χ0v) is 14.9. The molecule has 2 heterocycles. The van der Waals surface area contributed by atoms with Gasteiger partial charge in [0.1, 0.15) is 18.3 Å². The van der Waals surface area contributed by atoms with Crippen LogP contribution in [0.1, 0.15) is 49.5 Å². The highest BCUT2D eigenvalue weighted by molar-refractivity contribution is 5.99. The largest absolute Gasteiger partial charge is 0.461 e. The van der Waals surface area contributed by atoms with Crippen molar-refractivity contribution in [2.45, 2.75) is 51.6 Å². The maximum Gasteiger partial charge on any atom is 0.361 e. The Balaban J connectivity index is 1.85. The lowest BCUT2D eigenvalue weighted by atomic mass is 9.94. The molecule has 0 aromatic carbocycles. The van der Waals surface area contributed by atoms with Crippen LogP contribution in [0.4, 0.5) is 0 Å². The summed E-state index contributed by atoms with van der Waals surface area (Å²) in [5, 5.41) is 3.51. The molecule has 0 N–H and O–H groups in total. The van der Waals surface area contributed by atoms with Crippen LogP contribution in [0.5, 0.6) is 0 Å². The summed E-state index contributed by atoms with van der Waals surface area (Å²) in [5.41, 5.74) is -0.825. The van der Waals surface area contributed by atoms with Crippen molar-refractivity contribution >= 4 is 23.0 Å². The predicted octanol–water partition coefficient (Wildman–Crippen LogP) is 1.35. The molecular formula is C17H22N4O5. The van der Waals surface area contributed by atoms with Gasteiger partial charge in [-0.1, -0.05) is 24.4 Å². The van der Waals surface area contributed by atoms with Gasteiger partial charge in [0.25, 0.3) is 11.3 Å². The van der Waals surface area contributed by atoms with E-state index >= 15 is 0 Å². The van der Waals surface area contributed by atoms with Crippen LogP contribution in [0.25, 0.3) is 11.1 Å². The second kappa shape index (κ2) is 7.67. The lowest BCUT2D eigenvalue weighted by Gasteiger charge is -2.31. The van der Waals surface area contributed by atoms with Crippen LogP contribution in [-0.4, -0.2) is 51.2 Å². The third-order valence-electron chi connectivity index (χ3n) is 4.75. The van der Waals surface area contributed by atoms with Crippen LogP contribution in [0, 0.1) is 0 Å². The molecule has 1 saturated carbocycles. The first-order valence-electron chi connectivity index (χ1n) is 8.80. The number of aromatic nitrogens is 3. The first kappa shape index (κ1) is 18.1. The molecule has 1 amide bonds. The van der Waals surface area contributed by atoms with Crippen molar-refractivity contribution in [3.63, 3.8) is 0 Å². The third kappa shape index (κ3) is 3.47. The molecule has 9 heteroatoms.